The Morgan fingerprint density at radius 1 is 1.00 bits per heavy atom. The lowest BCUT2D eigenvalue weighted by atomic mass is 10.2. The molecule has 0 saturated carbocycles. The maximum atomic E-state index is 5.93. The zero-order valence-electron chi connectivity index (χ0n) is 9.47. The second kappa shape index (κ2) is 4.63. The van der Waals surface area contributed by atoms with Crippen LogP contribution in [0, 0.1) is 0 Å². The van der Waals surface area contributed by atoms with Gasteiger partial charge in [0.25, 0.3) is 0 Å². The summed E-state index contributed by atoms with van der Waals surface area (Å²) in [6.07, 6.45) is 1.80. The van der Waals surface area contributed by atoms with Crippen molar-refractivity contribution in [2.45, 2.75) is 0 Å². The number of benzene rings is 2. The lowest BCUT2D eigenvalue weighted by Gasteiger charge is -2.05. The fourth-order valence-corrected chi connectivity index (χ4v) is 1.92. The molecule has 0 aliphatic carbocycles. The van der Waals surface area contributed by atoms with Crippen molar-refractivity contribution in [1.29, 1.82) is 0 Å². The summed E-state index contributed by atoms with van der Waals surface area (Å²) in [7, 11) is 0. The molecule has 0 amide bonds. The molecule has 18 heavy (non-hydrogen) atoms. The van der Waals surface area contributed by atoms with Crippen LogP contribution in [0.3, 0.4) is 0 Å². The molecule has 4 heteroatoms. The molecule has 88 valence electrons. The lowest BCUT2D eigenvalue weighted by molar-refractivity contribution is 1.21. The minimum Gasteiger partial charge on any atom is -0.324 e. The fourth-order valence-electron chi connectivity index (χ4n) is 1.73. The highest BCUT2D eigenvalue weighted by molar-refractivity contribution is 6.30. The molecular formula is C14H10ClN3. The minimum atomic E-state index is 0.566. The Kier molecular flexibility index (Phi) is 2.82. The van der Waals surface area contributed by atoms with E-state index in [2.05, 4.69) is 15.3 Å². The van der Waals surface area contributed by atoms with Gasteiger partial charge in [0.1, 0.15) is 0 Å². The number of nitrogens with one attached hydrogen (secondary N) is 1. The number of hydrogen-bond acceptors (Lipinski definition) is 3. The van der Waals surface area contributed by atoms with E-state index >= 15 is 0 Å². The molecule has 1 aromatic heterocycles. The van der Waals surface area contributed by atoms with Gasteiger partial charge in [-0.3, -0.25) is 0 Å². The molecule has 0 aliphatic rings. The van der Waals surface area contributed by atoms with Crippen molar-refractivity contribution in [3.05, 3.63) is 59.8 Å². The van der Waals surface area contributed by atoms with E-state index in [0.717, 1.165) is 16.6 Å². The van der Waals surface area contributed by atoms with E-state index in [1.807, 2.05) is 48.5 Å². The Bertz CT molecular complexity index is 697. The SMILES string of the molecule is Clc1cccc(Nc2ncc3ccccc3n2)c1. The smallest absolute Gasteiger partial charge is 0.227 e. The zero-order valence-corrected chi connectivity index (χ0v) is 10.2. The number of hydrogen-bond donors (Lipinski definition) is 1. The average molecular weight is 256 g/mol. The van der Waals surface area contributed by atoms with Crippen LogP contribution in [0.5, 0.6) is 0 Å². The van der Waals surface area contributed by atoms with E-state index in [9.17, 15) is 0 Å². The summed E-state index contributed by atoms with van der Waals surface area (Å²) in [5, 5.41) is 4.83. The predicted octanol–water partition coefficient (Wildman–Crippen LogP) is 4.03. The number of aromatic nitrogens is 2. The zero-order chi connectivity index (χ0) is 12.4. The Morgan fingerprint density at radius 3 is 2.78 bits per heavy atom. The van der Waals surface area contributed by atoms with Crippen LogP contribution in [0.4, 0.5) is 11.6 Å². The van der Waals surface area contributed by atoms with Gasteiger partial charge in [0.2, 0.25) is 5.95 Å². The maximum Gasteiger partial charge on any atom is 0.227 e. The van der Waals surface area contributed by atoms with E-state index in [1.54, 1.807) is 6.20 Å². The first kappa shape index (κ1) is 11.0. The molecule has 1 N–H and O–H groups in total. The van der Waals surface area contributed by atoms with Crippen molar-refractivity contribution in [3.8, 4) is 0 Å². The molecule has 2 aromatic carbocycles. The fraction of sp³-hybridized carbons (Fsp3) is 0. The number of rotatable bonds is 2. The van der Waals surface area contributed by atoms with Crippen LogP contribution >= 0.6 is 11.6 Å². The average Bonchev–Trinajstić information content (AvgIpc) is 2.39. The molecular weight excluding hydrogens is 246 g/mol. The van der Waals surface area contributed by atoms with Crippen molar-refractivity contribution < 1.29 is 0 Å². The number of anilines is 2. The second-order valence-corrected chi connectivity index (χ2v) is 4.32. The molecule has 0 saturated heterocycles. The molecule has 0 unspecified atom stereocenters. The first-order chi connectivity index (χ1) is 8.81. The Labute approximate surface area is 109 Å². The van der Waals surface area contributed by atoms with Gasteiger partial charge in [-0.15, -0.1) is 0 Å². The standard InChI is InChI=1S/C14H10ClN3/c15-11-5-3-6-12(8-11)17-14-16-9-10-4-1-2-7-13(10)18-14/h1-9H,(H,16,17,18). The molecule has 0 fully saturated rings. The van der Waals surface area contributed by atoms with Crippen molar-refractivity contribution in [2.24, 2.45) is 0 Å². The Hall–Kier alpha value is -2.13. The molecule has 0 aliphatic heterocycles. The summed E-state index contributed by atoms with van der Waals surface area (Å²) < 4.78 is 0. The summed E-state index contributed by atoms with van der Waals surface area (Å²) >= 11 is 5.93. The quantitative estimate of drug-likeness (QED) is 0.751. The first-order valence-corrected chi connectivity index (χ1v) is 5.93. The van der Waals surface area contributed by atoms with E-state index < -0.39 is 0 Å². The monoisotopic (exact) mass is 255 g/mol. The molecule has 3 nitrogen and oxygen atoms in total. The number of nitrogens with zero attached hydrogens (tertiary/aromatic N) is 2. The highest BCUT2D eigenvalue weighted by atomic mass is 35.5. The molecule has 0 radical (unpaired) electrons. The molecule has 1 heterocycles. The minimum absolute atomic E-state index is 0.566. The summed E-state index contributed by atoms with van der Waals surface area (Å²) in [4.78, 5) is 8.70. The Balaban J connectivity index is 1.95. The summed E-state index contributed by atoms with van der Waals surface area (Å²) in [6.45, 7) is 0. The lowest BCUT2D eigenvalue weighted by Crippen LogP contribution is -1.96. The highest BCUT2D eigenvalue weighted by Gasteiger charge is 2.00. The number of halogens is 1. The molecule has 0 spiro atoms. The van der Waals surface area contributed by atoms with Crippen molar-refractivity contribution in [2.75, 3.05) is 5.32 Å². The van der Waals surface area contributed by atoms with Crippen LogP contribution in [0.25, 0.3) is 10.9 Å². The van der Waals surface area contributed by atoms with E-state index in [4.69, 9.17) is 11.6 Å². The Morgan fingerprint density at radius 2 is 1.89 bits per heavy atom. The molecule has 3 aromatic rings. The predicted molar refractivity (Wildman–Crippen MR) is 74.3 cm³/mol. The summed E-state index contributed by atoms with van der Waals surface area (Å²) in [5.74, 6) is 0.566. The van der Waals surface area contributed by atoms with Crippen molar-refractivity contribution >= 4 is 34.1 Å². The van der Waals surface area contributed by atoms with Crippen LogP contribution in [-0.2, 0) is 0 Å². The second-order valence-electron chi connectivity index (χ2n) is 3.89. The third-order valence-corrected chi connectivity index (χ3v) is 2.80. The topological polar surface area (TPSA) is 37.8 Å². The van der Waals surface area contributed by atoms with Gasteiger partial charge >= 0.3 is 0 Å². The molecule has 3 rings (SSSR count). The number of para-hydroxylation sites is 1. The van der Waals surface area contributed by atoms with Gasteiger partial charge in [0.15, 0.2) is 0 Å². The maximum absolute atomic E-state index is 5.93. The third kappa shape index (κ3) is 2.26. The van der Waals surface area contributed by atoms with E-state index in [0.29, 0.717) is 11.0 Å². The van der Waals surface area contributed by atoms with Gasteiger partial charge in [-0.1, -0.05) is 35.9 Å². The summed E-state index contributed by atoms with van der Waals surface area (Å²) in [6, 6.07) is 15.3. The van der Waals surface area contributed by atoms with Crippen LogP contribution < -0.4 is 5.32 Å². The van der Waals surface area contributed by atoms with Gasteiger partial charge in [-0.25, -0.2) is 9.97 Å². The van der Waals surface area contributed by atoms with Crippen LogP contribution in [0.2, 0.25) is 5.02 Å². The van der Waals surface area contributed by atoms with Crippen molar-refractivity contribution in [3.63, 3.8) is 0 Å². The number of fused-ring (bicyclic) bond motifs is 1. The largest absolute Gasteiger partial charge is 0.324 e. The van der Waals surface area contributed by atoms with Gasteiger partial charge < -0.3 is 5.32 Å². The van der Waals surface area contributed by atoms with Crippen molar-refractivity contribution in [1.82, 2.24) is 9.97 Å². The van der Waals surface area contributed by atoms with E-state index in [1.165, 1.54) is 0 Å². The third-order valence-electron chi connectivity index (χ3n) is 2.57. The van der Waals surface area contributed by atoms with Gasteiger partial charge in [-0.05, 0) is 24.3 Å². The molecule has 0 bridgehead atoms. The van der Waals surface area contributed by atoms with Crippen LogP contribution in [-0.4, -0.2) is 9.97 Å². The highest BCUT2D eigenvalue weighted by Crippen LogP contribution is 2.19. The van der Waals surface area contributed by atoms with E-state index in [-0.39, 0.29) is 0 Å². The summed E-state index contributed by atoms with van der Waals surface area (Å²) in [5.41, 5.74) is 1.79. The first-order valence-electron chi connectivity index (χ1n) is 5.56. The van der Waals surface area contributed by atoms with Crippen LogP contribution in [0.1, 0.15) is 0 Å². The van der Waals surface area contributed by atoms with Gasteiger partial charge in [-0.2, -0.15) is 0 Å². The van der Waals surface area contributed by atoms with Crippen LogP contribution in [0.15, 0.2) is 54.7 Å². The van der Waals surface area contributed by atoms with Gasteiger partial charge in [0, 0.05) is 22.3 Å². The normalized spacial score (nSPS) is 10.5. The molecule has 0 atom stereocenters. The van der Waals surface area contributed by atoms with Gasteiger partial charge in [0.05, 0.1) is 5.52 Å².